The first kappa shape index (κ1) is 94.8. The topological polar surface area (TPSA) is 276 Å². The third-order valence-corrected chi connectivity index (χ3v) is 24.0. The molecule has 3 heterocycles. The Bertz CT molecular complexity index is 5940. The van der Waals surface area contributed by atoms with Crippen molar-refractivity contribution in [1.29, 1.82) is 0 Å². The molecule has 21 heteroatoms. The van der Waals surface area contributed by atoms with Gasteiger partial charge in [-0.1, -0.05) is 234 Å². The number of aryl methyl sites for hydroxylation is 7. The second-order valence-corrected chi connectivity index (χ2v) is 35.0. The number of carbonyl (C=O) groups is 3. The largest absolute Gasteiger partial charge is 0.493 e. The lowest BCUT2D eigenvalue weighted by Crippen LogP contribution is -2.35. The Morgan fingerprint density at radius 3 is 1.12 bits per heavy atom. The zero-order chi connectivity index (χ0) is 91.3. The quantitative estimate of drug-likeness (QED) is 0.0187. The van der Waals surface area contributed by atoms with Gasteiger partial charge in [0.25, 0.3) is 0 Å². The van der Waals surface area contributed by atoms with Crippen molar-refractivity contribution in [2.75, 3.05) is 38.1 Å². The van der Waals surface area contributed by atoms with Gasteiger partial charge in [0.2, 0.25) is 0 Å². The summed E-state index contributed by atoms with van der Waals surface area (Å²) in [6, 6.07) is 86.0. The van der Waals surface area contributed by atoms with Crippen LogP contribution in [0.25, 0.3) is 10.1 Å². The molecule has 0 saturated carbocycles. The standard InChI is InChI=1S/C37H43N3O4.C36H40N2O5.C36H38N2O4S/c1-26-8-5-10-28(18-26)24-43-35-14-4-3-12-31(35)22-40(17-15-33(38)37(41)42)23-32-20-34-30(13-7-16-39-34)21-36(32)44-25-29-11-6-9-27(2)19-29;1-25-7-5-9-27(17-25)23-42-33-12-4-3-11-30(33)21-38(15-13-32(37)36(39)40)22-31-19-29-14-16-41-34(29)20-35(31)43-24-28-10-6-8-26(2)18-28;1-25-7-5-9-27(19-25)23-41-33-12-4-3-11-29(33)21-38(17-15-32(37)36(39)40)22-31-30-16-18-43-35(30)14-13-34(31)42-24-28-10-6-8-26(2)20-28/h3-6,8-12,14,18-21,33,39H,7,13,15-17,22-25,38H2,1-2H3,(H,41,42);3-12,17-20,32H,13-16,21-24,37H2,1-2H3,(H,39,40);3-14,16,18-20,32H,15,17,21-24,37H2,1-2H3,(H,39,40)/t33-;2*32-/m000/s1. The van der Waals surface area contributed by atoms with Crippen molar-refractivity contribution in [2.24, 2.45) is 17.2 Å². The molecule has 2 aliphatic rings. The fourth-order valence-corrected chi connectivity index (χ4v) is 17.0. The molecule has 0 unspecified atom stereocenters. The first-order valence-corrected chi connectivity index (χ1v) is 45.5. The number of nitrogens with one attached hydrogen (secondary N) is 1. The summed E-state index contributed by atoms with van der Waals surface area (Å²) in [7, 11) is 0. The third kappa shape index (κ3) is 28.6. The van der Waals surface area contributed by atoms with Gasteiger partial charge in [-0.05, 0) is 178 Å². The van der Waals surface area contributed by atoms with E-state index < -0.39 is 36.0 Å². The van der Waals surface area contributed by atoms with Gasteiger partial charge in [-0.2, -0.15) is 0 Å². The van der Waals surface area contributed by atoms with Gasteiger partial charge in [0.05, 0.1) is 6.61 Å². The van der Waals surface area contributed by atoms with E-state index in [1.807, 2.05) is 97.1 Å². The molecule has 1 aromatic heterocycles. The molecule has 0 radical (unpaired) electrons. The molecule has 0 saturated heterocycles. The van der Waals surface area contributed by atoms with Crippen molar-refractivity contribution in [3.63, 3.8) is 0 Å². The summed E-state index contributed by atoms with van der Waals surface area (Å²) < 4.78 is 45.2. The van der Waals surface area contributed by atoms with Crippen LogP contribution in [0, 0.1) is 41.5 Å². The number of carboxylic acids is 3. The average Bonchev–Trinajstić information content (AvgIpc) is 1.76. The third-order valence-electron chi connectivity index (χ3n) is 23.2. The monoisotopic (exact) mass is 1770 g/mol. The van der Waals surface area contributed by atoms with E-state index in [9.17, 15) is 29.7 Å². The fourth-order valence-electron chi connectivity index (χ4n) is 16.2. The van der Waals surface area contributed by atoms with E-state index in [-0.39, 0.29) is 0 Å². The number of carboxylic acid groups (broad SMARTS) is 3. The summed E-state index contributed by atoms with van der Waals surface area (Å²) in [5, 5.41) is 35.2. The molecule has 0 spiro atoms. The van der Waals surface area contributed by atoms with Crippen molar-refractivity contribution < 1.29 is 62.9 Å². The summed E-state index contributed by atoms with van der Waals surface area (Å²) in [5.74, 6) is 2.72. The van der Waals surface area contributed by atoms with E-state index >= 15 is 0 Å². The molecular formula is C109H121N7O13S. The van der Waals surface area contributed by atoms with Gasteiger partial charge in [0.15, 0.2) is 0 Å². The van der Waals surface area contributed by atoms with Crippen LogP contribution in [0.15, 0.2) is 266 Å². The number of hydrogen-bond acceptors (Lipinski definition) is 18. The fraction of sp³-hybridized carbons (Fsp3) is 0.294. The highest BCUT2D eigenvalue weighted by Crippen LogP contribution is 2.39. The maximum Gasteiger partial charge on any atom is 0.320 e. The number of anilines is 1. The van der Waals surface area contributed by atoms with Crippen LogP contribution in [0.4, 0.5) is 5.69 Å². The molecule has 2 aliphatic heterocycles. The van der Waals surface area contributed by atoms with Gasteiger partial charge in [0, 0.05) is 127 Å². The van der Waals surface area contributed by atoms with Gasteiger partial charge in [0.1, 0.15) is 98.0 Å². The van der Waals surface area contributed by atoms with Crippen LogP contribution < -0.4 is 55.7 Å². The molecule has 13 aromatic rings. The van der Waals surface area contributed by atoms with Crippen LogP contribution in [0.5, 0.6) is 40.2 Å². The van der Waals surface area contributed by atoms with Crippen LogP contribution in [-0.2, 0) is 106 Å². The number of benzene rings is 12. The number of fused-ring (bicyclic) bond motifs is 3. The highest BCUT2D eigenvalue weighted by atomic mass is 32.1. The lowest BCUT2D eigenvalue weighted by atomic mass is 9.99. The minimum absolute atomic E-state index is 0.315. The number of thiophene rings is 1. The van der Waals surface area contributed by atoms with Crippen molar-refractivity contribution >= 4 is 45.0 Å². The van der Waals surface area contributed by atoms with Crippen molar-refractivity contribution in [1.82, 2.24) is 14.7 Å². The van der Waals surface area contributed by atoms with E-state index in [1.165, 1.54) is 43.6 Å². The molecule has 130 heavy (non-hydrogen) atoms. The van der Waals surface area contributed by atoms with Gasteiger partial charge < -0.3 is 71.0 Å². The lowest BCUT2D eigenvalue weighted by Gasteiger charge is -2.27. The Balaban J connectivity index is 0.000000166. The van der Waals surface area contributed by atoms with Gasteiger partial charge in [-0.3, -0.25) is 29.1 Å². The average molecular weight is 1770 g/mol. The molecule has 10 N–H and O–H groups in total. The molecule has 12 aromatic carbocycles. The zero-order valence-electron chi connectivity index (χ0n) is 75.3. The van der Waals surface area contributed by atoms with Gasteiger partial charge in [-0.25, -0.2) is 0 Å². The van der Waals surface area contributed by atoms with Crippen LogP contribution in [0.2, 0.25) is 0 Å². The van der Waals surface area contributed by atoms with Gasteiger partial charge in [-0.15, -0.1) is 11.3 Å². The van der Waals surface area contributed by atoms with Crippen LogP contribution in [0.3, 0.4) is 0 Å². The van der Waals surface area contributed by atoms with Crippen LogP contribution in [0.1, 0.15) is 137 Å². The highest BCUT2D eigenvalue weighted by molar-refractivity contribution is 7.17. The van der Waals surface area contributed by atoms with Crippen LogP contribution in [-0.4, -0.2) is 98.8 Å². The van der Waals surface area contributed by atoms with Crippen molar-refractivity contribution in [3.8, 4) is 40.2 Å². The Hall–Kier alpha value is -12.8. The number of aliphatic carboxylic acids is 3. The minimum atomic E-state index is -1.00. The summed E-state index contributed by atoms with van der Waals surface area (Å²) >= 11 is 1.70. The number of rotatable bonds is 42. The maximum absolute atomic E-state index is 11.6. The summed E-state index contributed by atoms with van der Waals surface area (Å²) in [6.45, 7) is 21.7. The van der Waals surface area contributed by atoms with E-state index in [0.717, 1.165) is 149 Å². The number of nitrogens with zero attached hydrogens (tertiary/aromatic N) is 3. The molecule has 15 rings (SSSR count). The van der Waals surface area contributed by atoms with E-state index in [4.69, 9.17) is 50.4 Å². The summed E-state index contributed by atoms with van der Waals surface area (Å²) in [4.78, 5) is 41.4. The zero-order valence-corrected chi connectivity index (χ0v) is 76.1. The van der Waals surface area contributed by atoms with E-state index in [0.29, 0.717) is 124 Å². The predicted octanol–water partition coefficient (Wildman–Crippen LogP) is 20.3. The number of para-hydroxylation sites is 3. The molecule has 0 amide bonds. The minimum Gasteiger partial charge on any atom is -0.493 e. The maximum atomic E-state index is 11.6. The SMILES string of the molecule is Cc1cccc(COc2ccccc2CN(CC[C@H](N)C(=O)O)Cc2c(OCc3cccc(C)c3)ccc3sccc23)c1.Cc1cccc(COc2ccccc2CN(CC[C@H](N)C(=O)O)Cc2cc3c(cc2OCc2cccc(C)c2)CCCN3)c1.Cc1cccc(COc2ccccc2CN(CC[C@H](N)C(=O)O)Cc2cc3c(cc2OCc2cccc(C)c2)OCC3)c1. The Morgan fingerprint density at radius 2 is 0.723 bits per heavy atom. The first-order valence-electron chi connectivity index (χ1n) is 44.7. The summed E-state index contributed by atoms with van der Waals surface area (Å²) in [6.07, 6.45) is 3.90. The molecule has 676 valence electrons. The van der Waals surface area contributed by atoms with Crippen molar-refractivity contribution in [2.45, 2.75) is 177 Å². The first-order chi connectivity index (χ1) is 63.0. The Labute approximate surface area is 768 Å². The smallest absolute Gasteiger partial charge is 0.320 e. The number of hydrogen-bond donors (Lipinski definition) is 7. The lowest BCUT2D eigenvalue weighted by molar-refractivity contribution is -0.139. The molecule has 0 fully saturated rings. The molecule has 0 bridgehead atoms. The van der Waals surface area contributed by atoms with E-state index in [1.54, 1.807) is 11.3 Å². The van der Waals surface area contributed by atoms with Gasteiger partial charge >= 0.3 is 17.9 Å². The van der Waals surface area contributed by atoms with Crippen molar-refractivity contribution in [3.05, 3.63) is 378 Å². The second-order valence-electron chi connectivity index (χ2n) is 34.0. The molecule has 20 nitrogen and oxygen atoms in total. The Kier molecular flexibility index (Phi) is 34.6. The molecular weight excluding hydrogens is 1650 g/mol. The second kappa shape index (κ2) is 47.5. The molecule has 0 aliphatic carbocycles. The number of nitrogens with two attached hydrogens (primary N) is 3. The number of ether oxygens (including phenoxy) is 7. The predicted molar refractivity (Wildman–Crippen MR) is 516 cm³/mol. The van der Waals surface area contributed by atoms with E-state index in [2.05, 4.69) is 231 Å². The van der Waals surface area contributed by atoms with Crippen LogP contribution >= 0.6 is 11.3 Å². The molecule has 3 atom stereocenters. The summed E-state index contributed by atoms with van der Waals surface area (Å²) in [5.41, 5.74) is 41.5. The normalized spacial score (nSPS) is 12.7. The Morgan fingerprint density at radius 1 is 0.369 bits per heavy atom. The highest BCUT2D eigenvalue weighted by Gasteiger charge is 2.26.